The molecular weight excluding hydrogens is 312 g/mol. The van der Waals surface area contributed by atoms with Gasteiger partial charge in [-0.2, -0.15) is 0 Å². The van der Waals surface area contributed by atoms with Crippen LogP contribution >= 0.6 is 11.6 Å². The van der Waals surface area contributed by atoms with Crippen LogP contribution < -0.4 is 10.2 Å². The third-order valence-electron chi connectivity index (χ3n) is 3.94. The fourth-order valence-electron chi connectivity index (χ4n) is 2.63. The smallest absolute Gasteiger partial charge is 0.251 e. The summed E-state index contributed by atoms with van der Waals surface area (Å²) in [4.78, 5) is 26.0. The minimum atomic E-state index is -0.514. The van der Waals surface area contributed by atoms with E-state index in [4.69, 9.17) is 11.6 Å². The maximum atomic E-state index is 12.5. The molecule has 1 fully saturated rings. The number of benzene rings is 2. The number of halogens is 1. The van der Waals surface area contributed by atoms with Crippen molar-refractivity contribution in [3.63, 3.8) is 0 Å². The maximum absolute atomic E-state index is 12.5. The number of hydrogen-bond donors (Lipinski definition) is 1. The predicted molar refractivity (Wildman–Crippen MR) is 90.4 cm³/mol. The van der Waals surface area contributed by atoms with Crippen LogP contribution in [-0.2, 0) is 16.1 Å². The van der Waals surface area contributed by atoms with E-state index in [1.54, 1.807) is 18.2 Å². The first-order chi connectivity index (χ1) is 11.1. The largest absolute Gasteiger partial charge is 0.301 e. The predicted octanol–water partition coefficient (Wildman–Crippen LogP) is 3.07. The van der Waals surface area contributed by atoms with Crippen LogP contribution in [0, 0.1) is 6.92 Å². The molecule has 0 aliphatic carbocycles. The number of rotatable bonds is 4. The van der Waals surface area contributed by atoms with E-state index in [2.05, 4.69) is 5.32 Å². The van der Waals surface area contributed by atoms with E-state index in [-0.39, 0.29) is 18.2 Å². The van der Waals surface area contributed by atoms with E-state index in [1.165, 1.54) is 4.90 Å². The van der Waals surface area contributed by atoms with Crippen LogP contribution in [0.15, 0.2) is 48.5 Å². The monoisotopic (exact) mass is 328 g/mol. The van der Waals surface area contributed by atoms with Gasteiger partial charge in [-0.3, -0.25) is 9.59 Å². The highest BCUT2D eigenvalue weighted by Crippen LogP contribution is 2.24. The Morgan fingerprint density at radius 2 is 1.83 bits per heavy atom. The summed E-state index contributed by atoms with van der Waals surface area (Å²) in [7, 11) is 0. The van der Waals surface area contributed by atoms with E-state index in [1.807, 2.05) is 37.3 Å². The van der Waals surface area contributed by atoms with E-state index >= 15 is 0 Å². The molecule has 0 saturated carbocycles. The number of anilines is 1. The molecule has 0 bridgehead atoms. The number of nitrogens with zero attached hydrogens (tertiary/aromatic N) is 1. The molecule has 2 aromatic carbocycles. The molecule has 23 heavy (non-hydrogen) atoms. The summed E-state index contributed by atoms with van der Waals surface area (Å²) in [5, 5.41) is 3.78. The number of hydrogen-bond acceptors (Lipinski definition) is 3. The lowest BCUT2D eigenvalue weighted by atomic mass is 10.2. The quantitative estimate of drug-likeness (QED) is 0.877. The molecule has 118 valence electrons. The Labute approximate surface area is 140 Å². The highest BCUT2D eigenvalue weighted by atomic mass is 35.5. The minimum Gasteiger partial charge on any atom is -0.301 e. The molecule has 2 amide bonds. The van der Waals surface area contributed by atoms with Gasteiger partial charge in [0.1, 0.15) is 0 Å². The van der Waals surface area contributed by atoms with Gasteiger partial charge in [0.05, 0.1) is 18.2 Å². The van der Waals surface area contributed by atoms with Gasteiger partial charge in [0, 0.05) is 11.6 Å². The molecule has 1 unspecified atom stereocenters. The molecule has 1 heterocycles. The molecule has 0 spiro atoms. The van der Waals surface area contributed by atoms with Crippen LogP contribution in [0.2, 0.25) is 5.02 Å². The van der Waals surface area contributed by atoms with Gasteiger partial charge in [0.2, 0.25) is 5.91 Å². The van der Waals surface area contributed by atoms with Gasteiger partial charge in [-0.15, -0.1) is 0 Å². The number of carbonyl (C=O) groups excluding carboxylic acids is 2. The Bertz CT molecular complexity index is 743. The van der Waals surface area contributed by atoms with Crippen LogP contribution in [0.4, 0.5) is 5.69 Å². The Morgan fingerprint density at radius 3 is 2.52 bits per heavy atom. The maximum Gasteiger partial charge on any atom is 0.251 e. The average molecular weight is 329 g/mol. The number of amides is 2. The van der Waals surface area contributed by atoms with Crippen molar-refractivity contribution in [2.24, 2.45) is 0 Å². The van der Waals surface area contributed by atoms with Gasteiger partial charge >= 0.3 is 0 Å². The first-order valence-electron chi connectivity index (χ1n) is 7.46. The number of carbonyl (C=O) groups is 2. The molecule has 0 aromatic heterocycles. The lowest BCUT2D eigenvalue weighted by Crippen LogP contribution is -2.38. The molecule has 2 aromatic rings. The molecule has 3 rings (SSSR count). The van der Waals surface area contributed by atoms with Crippen LogP contribution in [0.1, 0.15) is 17.5 Å². The van der Waals surface area contributed by atoms with Crippen molar-refractivity contribution >= 4 is 29.1 Å². The molecule has 1 saturated heterocycles. The van der Waals surface area contributed by atoms with Crippen molar-refractivity contribution < 1.29 is 9.59 Å². The van der Waals surface area contributed by atoms with E-state index < -0.39 is 6.04 Å². The zero-order valence-electron chi connectivity index (χ0n) is 12.8. The zero-order chi connectivity index (χ0) is 16.4. The second-order valence-electron chi connectivity index (χ2n) is 5.63. The summed E-state index contributed by atoms with van der Waals surface area (Å²) in [6.07, 6.45) is 0.164. The van der Waals surface area contributed by atoms with Crippen molar-refractivity contribution in [1.29, 1.82) is 0 Å². The highest BCUT2D eigenvalue weighted by molar-refractivity contribution is 6.31. The average Bonchev–Trinajstić information content (AvgIpc) is 2.82. The van der Waals surface area contributed by atoms with Gasteiger partial charge < -0.3 is 5.32 Å². The van der Waals surface area contributed by atoms with Crippen LogP contribution in [0.3, 0.4) is 0 Å². The molecular formula is C18H17ClN2O2. The van der Waals surface area contributed by atoms with Crippen LogP contribution in [0.25, 0.3) is 0 Å². The first kappa shape index (κ1) is 15.7. The molecule has 1 aliphatic rings. The SMILES string of the molecule is Cc1ccc(N2C(=O)CC(NCc3ccccc3Cl)C2=O)cc1. The highest BCUT2D eigenvalue weighted by Gasteiger charge is 2.39. The van der Waals surface area contributed by atoms with E-state index in [0.29, 0.717) is 17.3 Å². The topological polar surface area (TPSA) is 49.4 Å². The Morgan fingerprint density at radius 1 is 1.13 bits per heavy atom. The Kier molecular flexibility index (Phi) is 4.46. The molecule has 0 radical (unpaired) electrons. The van der Waals surface area contributed by atoms with Gasteiger partial charge in [0.25, 0.3) is 5.91 Å². The molecule has 1 aliphatic heterocycles. The van der Waals surface area contributed by atoms with Crippen LogP contribution in [0.5, 0.6) is 0 Å². The fourth-order valence-corrected chi connectivity index (χ4v) is 2.83. The van der Waals surface area contributed by atoms with Crippen LogP contribution in [-0.4, -0.2) is 17.9 Å². The van der Waals surface area contributed by atoms with E-state index in [9.17, 15) is 9.59 Å². The Balaban J connectivity index is 1.71. The lowest BCUT2D eigenvalue weighted by molar-refractivity contribution is -0.121. The van der Waals surface area contributed by atoms with Gasteiger partial charge in [-0.25, -0.2) is 4.90 Å². The summed E-state index contributed by atoms with van der Waals surface area (Å²) in [5.41, 5.74) is 2.61. The van der Waals surface area contributed by atoms with Gasteiger partial charge in [0.15, 0.2) is 0 Å². The van der Waals surface area contributed by atoms with Gasteiger partial charge in [-0.1, -0.05) is 47.5 Å². The summed E-state index contributed by atoms with van der Waals surface area (Å²) in [6, 6.07) is 14.3. The van der Waals surface area contributed by atoms with E-state index in [0.717, 1.165) is 11.1 Å². The standard InChI is InChI=1S/C18H17ClN2O2/c1-12-6-8-14(9-7-12)21-17(22)10-16(18(21)23)20-11-13-4-2-3-5-15(13)19/h2-9,16,20H,10-11H2,1H3. The second kappa shape index (κ2) is 6.52. The molecule has 5 heteroatoms. The zero-order valence-corrected chi connectivity index (χ0v) is 13.5. The van der Waals surface area contributed by atoms with Crippen molar-refractivity contribution in [1.82, 2.24) is 5.32 Å². The minimum absolute atomic E-state index is 0.164. The fraction of sp³-hybridized carbons (Fsp3) is 0.222. The third kappa shape index (κ3) is 3.28. The summed E-state index contributed by atoms with van der Waals surface area (Å²) in [5.74, 6) is -0.401. The summed E-state index contributed by atoms with van der Waals surface area (Å²) in [6.45, 7) is 2.41. The normalized spacial score (nSPS) is 17.8. The second-order valence-corrected chi connectivity index (χ2v) is 6.04. The third-order valence-corrected chi connectivity index (χ3v) is 4.30. The first-order valence-corrected chi connectivity index (χ1v) is 7.84. The van der Waals surface area contributed by atoms with Crippen molar-refractivity contribution in [3.8, 4) is 0 Å². The molecule has 1 N–H and O–H groups in total. The number of imide groups is 1. The Hall–Kier alpha value is -2.17. The van der Waals surface area contributed by atoms with Gasteiger partial charge in [-0.05, 0) is 30.7 Å². The van der Waals surface area contributed by atoms with Crippen molar-refractivity contribution in [2.45, 2.75) is 25.9 Å². The summed E-state index contributed by atoms with van der Waals surface area (Å²) < 4.78 is 0. The lowest BCUT2D eigenvalue weighted by Gasteiger charge is -2.16. The number of nitrogens with one attached hydrogen (secondary N) is 1. The van der Waals surface area contributed by atoms with Crippen molar-refractivity contribution in [2.75, 3.05) is 4.90 Å². The molecule has 1 atom stereocenters. The molecule has 4 nitrogen and oxygen atoms in total. The number of aryl methyl sites for hydroxylation is 1. The summed E-state index contributed by atoms with van der Waals surface area (Å²) >= 11 is 6.11. The van der Waals surface area contributed by atoms with Crippen molar-refractivity contribution in [3.05, 3.63) is 64.7 Å².